The zero-order valence-electron chi connectivity index (χ0n) is 17.3. The van der Waals surface area contributed by atoms with E-state index in [4.69, 9.17) is 0 Å². The van der Waals surface area contributed by atoms with Crippen molar-refractivity contribution in [1.29, 1.82) is 0 Å². The van der Waals surface area contributed by atoms with Gasteiger partial charge in [0, 0.05) is 6.04 Å². The lowest BCUT2D eigenvalue weighted by Gasteiger charge is -2.37. The van der Waals surface area contributed by atoms with E-state index in [1.54, 1.807) is 12.1 Å². The summed E-state index contributed by atoms with van der Waals surface area (Å²) in [4.78, 5) is 0. The van der Waals surface area contributed by atoms with E-state index in [0.717, 1.165) is 30.8 Å². The monoisotopic (exact) mass is 389 g/mol. The average Bonchev–Trinajstić information content (AvgIpc) is 3.11. The number of benzene rings is 2. The van der Waals surface area contributed by atoms with E-state index in [-0.39, 0.29) is 11.2 Å². The Hall–Kier alpha value is -2.72. The summed E-state index contributed by atoms with van der Waals surface area (Å²) in [6.07, 6.45) is 6.18. The highest BCUT2D eigenvalue weighted by Gasteiger charge is 2.35. The van der Waals surface area contributed by atoms with Crippen molar-refractivity contribution in [3.63, 3.8) is 0 Å². The van der Waals surface area contributed by atoms with Gasteiger partial charge in [0.2, 0.25) is 0 Å². The second kappa shape index (κ2) is 7.96. The first-order valence-electron chi connectivity index (χ1n) is 10.3. The van der Waals surface area contributed by atoms with E-state index in [0.29, 0.717) is 6.04 Å². The largest absolute Gasteiger partial charge is 0.310 e. The first kappa shape index (κ1) is 19.6. The topological polar surface area (TPSA) is 29.9 Å². The molecular weight excluding hydrogens is 361 g/mol. The van der Waals surface area contributed by atoms with Crippen LogP contribution in [0.5, 0.6) is 0 Å². The molecule has 4 heteroatoms. The van der Waals surface area contributed by atoms with Gasteiger partial charge in [-0.2, -0.15) is 5.10 Å². The Morgan fingerprint density at radius 3 is 2.55 bits per heavy atom. The van der Waals surface area contributed by atoms with Crippen LogP contribution < -0.4 is 5.32 Å². The standard InChI is InChI=1S/C25H28FN3/c1-4-27-23(19-8-6-5-7-9-19)16-25(3)15-20-17-28-29(24(20)14-18(25)2)22-12-10-21(26)11-13-22/h5-14,17,23,27H,4,15-16H2,1-3H3/t23?,25-/m0/s1. The molecule has 0 radical (unpaired) electrons. The van der Waals surface area contributed by atoms with Crippen molar-refractivity contribution in [2.24, 2.45) is 5.41 Å². The molecule has 4 rings (SSSR count). The van der Waals surface area contributed by atoms with Crippen LogP contribution in [0.4, 0.5) is 4.39 Å². The Bertz CT molecular complexity index is 1000. The van der Waals surface area contributed by atoms with Crippen LogP contribution in [0.2, 0.25) is 0 Å². The van der Waals surface area contributed by atoms with Crippen LogP contribution in [0.3, 0.4) is 0 Å². The molecule has 2 aromatic carbocycles. The molecule has 0 saturated carbocycles. The summed E-state index contributed by atoms with van der Waals surface area (Å²) in [5.41, 5.74) is 5.96. The molecule has 0 bridgehead atoms. The van der Waals surface area contributed by atoms with Crippen molar-refractivity contribution in [1.82, 2.24) is 15.1 Å². The molecule has 1 unspecified atom stereocenters. The summed E-state index contributed by atoms with van der Waals surface area (Å²) in [5, 5.41) is 8.27. The fraction of sp³-hybridized carbons (Fsp3) is 0.320. The second-order valence-electron chi connectivity index (χ2n) is 8.23. The van der Waals surface area contributed by atoms with Gasteiger partial charge in [0.05, 0.1) is 17.6 Å². The molecule has 1 heterocycles. The smallest absolute Gasteiger partial charge is 0.123 e. The SMILES string of the molecule is CCNC(C[C@]1(C)Cc2cnn(-c3ccc(F)cc3)c2C=C1C)c1ccccc1. The summed E-state index contributed by atoms with van der Waals surface area (Å²) in [6.45, 7) is 7.67. The molecule has 3 aromatic rings. The Labute approximate surface area is 172 Å². The Balaban J connectivity index is 1.64. The highest BCUT2D eigenvalue weighted by Crippen LogP contribution is 2.44. The molecule has 0 spiro atoms. The molecule has 0 fully saturated rings. The van der Waals surface area contributed by atoms with E-state index in [1.807, 2.05) is 10.9 Å². The maximum absolute atomic E-state index is 13.3. The number of rotatable bonds is 6. The van der Waals surface area contributed by atoms with Gasteiger partial charge < -0.3 is 5.32 Å². The number of nitrogens with one attached hydrogen (secondary N) is 1. The molecular formula is C25H28FN3. The second-order valence-corrected chi connectivity index (χ2v) is 8.23. The van der Waals surface area contributed by atoms with E-state index < -0.39 is 0 Å². The Morgan fingerprint density at radius 2 is 1.86 bits per heavy atom. The molecule has 1 aliphatic rings. The summed E-state index contributed by atoms with van der Waals surface area (Å²) in [6, 6.07) is 17.5. The lowest BCUT2D eigenvalue weighted by atomic mass is 9.69. The fourth-order valence-corrected chi connectivity index (χ4v) is 4.33. The number of halogens is 1. The molecule has 1 N–H and O–H groups in total. The summed E-state index contributed by atoms with van der Waals surface area (Å²) in [7, 11) is 0. The number of fused-ring (bicyclic) bond motifs is 1. The van der Waals surface area contributed by atoms with Gasteiger partial charge in [-0.1, -0.05) is 49.8 Å². The van der Waals surface area contributed by atoms with E-state index >= 15 is 0 Å². The number of nitrogens with zero attached hydrogens (tertiary/aromatic N) is 2. The lowest BCUT2D eigenvalue weighted by Crippen LogP contribution is -2.32. The van der Waals surface area contributed by atoms with Gasteiger partial charge in [-0.15, -0.1) is 0 Å². The first-order chi connectivity index (χ1) is 14.0. The van der Waals surface area contributed by atoms with Crippen molar-refractivity contribution < 1.29 is 4.39 Å². The van der Waals surface area contributed by atoms with Crippen LogP contribution in [-0.2, 0) is 6.42 Å². The Morgan fingerprint density at radius 1 is 1.14 bits per heavy atom. The van der Waals surface area contributed by atoms with Crippen molar-refractivity contribution in [3.8, 4) is 5.69 Å². The maximum atomic E-state index is 13.3. The number of allylic oxidation sites excluding steroid dienone is 1. The molecule has 0 aliphatic heterocycles. The molecule has 0 saturated heterocycles. The van der Waals surface area contributed by atoms with Gasteiger partial charge in [-0.05, 0) is 73.2 Å². The van der Waals surface area contributed by atoms with Gasteiger partial charge in [0.25, 0.3) is 0 Å². The van der Waals surface area contributed by atoms with Crippen LogP contribution in [0.25, 0.3) is 11.8 Å². The third kappa shape index (κ3) is 3.90. The van der Waals surface area contributed by atoms with E-state index in [9.17, 15) is 4.39 Å². The van der Waals surface area contributed by atoms with Gasteiger partial charge in [-0.25, -0.2) is 9.07 Å². The minimum absolute atomic E-state index is 0.0480. The predicted octanol–water partition coefficient (Wildman–Crippen LogP) is 5.72. The number of aromatic nitrogens is 2. The third-order valence-corrected chi connectivity index (χ3v) is 6.15. The average molecular weight is 390 g/mol. The Kier molecular flexibility index (Phi) is 5.37. The molecule has 3 nitrogen and oxygen atoms in total. The van der Waals surface area contributed by atoms with Crippen LogP contribution in [0, 0.1) is 11.2 Å². The molecule has 1 aromatic heterocycles. The third-order valence-electron chi connectivity index (χ3n) is 6.15. The highest BCUT2D eigenvalue weighted by molar-refractivity contribution is 5.60. The summed E-state index contributed by atoms with van der Waals surface area (Å²) in [5.74, 6) is -0.232. The van der Waals surface area contributed by atoms with Crippen molar-refractivity contribution in [2.75, 3.05) is 6.54 Å². The fourth-order valence-electron chi connectivity index (χ4n) is 4.33. The van der Waals surface area contributed by atoms with Crippen LogP contribution in [0.1, 0.15) is 50.1 Å². The van der Waals surface area contributed by atoms with Crippen LogP contribution in [-0.4, -0.2) is 16.3 Å². The quantitative estimate of drug-likeness (QED) is 0.584. The molecule has 2 atom stereocenters. The van der Waals surface area contributed by atoms with Gasteiger partial charge in [-0.3, -0.25) is 0 Å². The predicted molar refractivity (Wildman–Crippen MR) is 116 cm³/mol. The minimum Gasteiger partial charge on any atom is -0.310 e. The summed E-state index contributed by atoms with van der Waals surface area (Å²) < 4.78 is 15.2. The summed E-state index contributed by atoms with van der Waals surface area (Å²) >= 11 is 0. The van der Waals surface area contributed by atoms with Gasteiger partial charge >= 0.3 is 0 Å². The first-order valence-corrected chi connectivity index (χ1v) is 10.3. The maximum Gasteiger partial charge on any atom is 0.123 e. The van der Waals surface area contributed by atoms with Crippen LogP contribution >= 0.6 is 0 Å². The van der Waals surface area contributed by atoms with Gasteiger partial charge in [0.15, 0.2) is 0 Å². The molecule has 150 valence electrons. The minimum atomic E-state index is -0.232. The lowest BCUT2D eigenvalue weighted by molar-refractivity contribution is 0.303. The zero-order valence-corrected chi connectivity index (χ0v) is 17.3. The number of hydrogen-bond acceptors (Lipinski definition) is 2. The zero-order chi connectivity index (χ0) is 20.4. The van der Waals surface area contributed by atoms with Crippen molar-refractivity contribution >= 4 is 6.08 Å². The number of hydrogen-bond donors (Lipinski definition) is 1. The highest BCUT2D eigenvalue weighted by atomic mass is 19.1. The van der Waals surface area contributed by atoms with E-state index in [1.165, 1.54) is 28.8 Å². The molecule has 1 aliphatic carbocycles. The van der Waals surface area contributed by atoms with Crippen molar-refractivity contribution in [3.05, 3.63) is 89.0 Å². The molecule has 0 amide bonds. The normalized spacial score (nSPS) is 19.5. The van der Waals surface area contributed by atoms with E-state index in [2.05, 4.69) is 67.6 Å². The van der Waals surface area contributed by atoms with Gasteiger partial charge in [0.1, 0.15) is 5.82 Å². The van der Waals surface area contributed by atoms with Crippen LogP contribution in [0.15, 0.2) is 66.4 Å². The van der Waals surface area contributed by atoms with Crippen molar-refractivity contribution in [2.45, 2.75) is 39.7 Å². The molecule has 29 heavy (non-hydrogen) atoms.